The van der Waals surface area contributed by atoms with Gasteiger partial charge in [0.2, 0.25) is 0 Å². The first-order chi connectivity index (χ1) is 8.79. The molecule has 92 valence electrons. The maximum atomic E-state index is 5.83. The molecule has 2 N–H and O–H groups in total. The molecule has 1 unspecified atom stereocenters. The molecule has 0 saturated heterocycles. The summed E-state index contributed by atoms with van der Waals surface area (Å²) >= 11 is 0. The van der Waals surface area contributed by atoms with E-state index in [2.05, 4.69) is 43.3 Å². The maximum Gasteiger partial charge on any atom is 0.123 e. The highest BCUT2D eigenvalue weighted by molar-refractivity contribution is 5.73. The molecule has 2 aromatic carbocycles. The van der Waals surface area contributed by atoms with Gasteiger partial charge < -0.3 is 10.5 Å². The largest absolute Gasteiger partial charge is 0.488 e. The number of nitrogens with two attached hydrogens (primary N) is 1. The fourth-order valence-corrected chi connectivity index (χ4v) is 2.59. The van der Waals surface area contributed by atoms with Crippen molar-refractivity contribution < 1.29 is 4.74 Å². The predicted octanol–water partition coefficient (Wildman–Crippen LogP) is 2.92. The summed E-state index contributed by atoms with van der Waals surface area (Å²) < 4.78 is 5.83. The average Bonchev–Trinajstić information content (AvgIpc) is 2.82. The molecule has 1 atom stereocenters. The highest BCUT2D eigenvalue weighted by atomic mass is 16.5. The predicted molar refractivity (Wildman–Crippen MR) is 73.8 cm³/mol. The average molecular weight is 239 g/mol. The van der Waals surface area contributed by atoms with Crippen LogP contribution in [0.2, 0.25) is 0 Å². The zero-order valence-electron chi connectivity index (χ0n) is 10.5. The first kappa shape index (κ1) is 11.3. The smallest absolute Gasteiger partial charge is 0.123 e. The SMILES string of the molecule is Cc1ccccc1-c1cccc2c1CC(CN)O2. The molecule has 1 aliphatic rings. The Bertz CT molecular complexity index is 577. The van der Waals surface area contributed by atoms with E-state index in [1.807, 2.05) is 6.07 Å². The summed E-state index contributed by atoms with van der Waals surface area (Å²) in [7, 11) is 0. The summed E-state index contributed by atoms with van der Waals surface area (Å²) in [5.41, 5.74) is 10.9. The van der Waals surface area contributed by atoms with Gasteiger partial charge in [0.1, 0.15) is 11.9 Å². The lowest BCUT2D eigenvalue weighted by Crippen LogP contribution is -2.24. The number of hydrogen-bond donors (Lipinski definition) is 1. The second kappa shape index (κ2) is 4.46. The van der Waals surface area contributed by atoms with Gasteiger partial charge in [0, 0.05) is 18.5 Å². The molecule has 0 fully saturated rings. The first-order valence-electron chi connectivity index (χ1n) is 6.34. The number of hydrogen-bond acceptors (Lipinski definition) is 2. The normalized spacial score (nSPS) is 17.3. The summed E-state index contributed by atoms with van der Waals surface area (Å²) in [6.07, 6.45) is 1.04. The molecule has 2 nitrogen and oxygen atoms in total. The second-order valence-corrected chi connectivity index (χ2v) is 4.78. The molecule has 1 heterocycles. The molecule has 0 spiro atoms. The lowest BCUT2D eigenvalue weighted by molar-refractivity contribution is 0.241. The van der Waals surface area contributed by atoms with Crippen molar-refractivity contribution in [2.24, 2.45) is 5.73 Å². The summed E-state index contributed by atoms with van der Waals surface area (Å²) in [6.45, 7) is 2.72. The highest BCUT2D eigenvalue weighted by Crippen LogP contribution is 2.37. The lowest BCUT2D eigenvalue weighted by atomic mass is 9.94. The van der Waals surface area contributed by atoms with Gasteiger partial charge in [-0.3, -0.25) is 0 Å². The van der Waals surface area contributed by atoms with Crippen molar-refractivity contribution in [1.29, 1.82) is 0 Å². The summed E-state index contributed by atoms with van der Waals surface area (Å²) in [6, 6.07) is 14.7. The zero-order valence-corrected chi connectivity index (χ0v) is 10.5. The fraction of sp³-hybridized carbons (Fsp3) is 0.250. The Labute approximate surface area is 107 Å². The maximum absolute atomic E-state index is 5.83. The summed E-state index contributed by atoms with van der Waals surface area (Å²) in [5.74, 6) is 0.992. The lowest BCUT2D eigenvalue weighted by Gasteiger charge is -2.09. The van der Waals surface area contributed by atoms with Gasteiger partial charge in [-0.1, -0.05) is 36.4 Å². The first-order valence-corrected chi connectivity index (χ1v) is 6.34. The van der Waals surface area contributed by atoms with Crippen LogP contribution in [0.4, 0.5) is 0 Å². The van der Waals surface area contributed by atoms with E-state index in [-0.39, 0.29) is 6.10 Å². The van der Waals surface area contributed by atoms with E-state index >= 15 is 0 Å². The van der Waals surface area contributed by atoms with Gasteiger partial charge in [0.05, 0.1) is 0 Å². The minimum absolute atomic E-state index is 0.130. The van der Waals surface area contributed by atoms with Gasteiger partial charge in [-0.15, -0.1) is 0 Å². The second-order valence-electron chi connectivity index (χ2n) is 4.78. The third kappa shape index (κ3) is 1.79. The minimum Gasteiger partial charge on any atom is -0.488 e. The monoisotopic (exact) mass is 239 g/mol. The molecular formula is C16H17NO. The van der Waals surface area contributed by atoms with Crippen molar-refractivity contribution in [3.05, 3.63) is 53.6 Å². The van der Waals surface area contributed by atoms with E-state index in [0.717, 1.165) is 12.2 Å². The molecule has 0 amide bonds. The molecule has 0 radical (unpaired) electrons. The van der Waals surface area contributed by atoms with Gasteiger partial charge in [-0.05, 0) is 29.7 Å². The van der Waals surface area contributed by atoms with E-state index in [1.165, 1.54) is 22.3 Å². The Morgan fingerprint density at radius 2 is 1.89 bits per heavy atom. The van der Waals surface area contributed by atoms with Crippen LogP contribution in [0.15, 0.2) is 42.5 Å². The van der Waals surface area contributed by atoms with Crippen molar-refractivity contribution in [3.63, 3.8) is 0 Å². The molecule has 0 aliphatic carbocycles. The molecule has 18 heavy (non-hydrogen) atoms. The fourth-order valence-electron chi connectivity index (χ4n) is 2.59. The minimum atomic E-state index is 0.130. The Kier molecular flexibility index (Phi) is 2.80. The van der Waals surface area contributed by atoms with Crippen molar-refractivity contribution >= 4 is 0 Å². The van der Waals surface area contributed by atoms with Crippen molar-refractivity contribution in [3.8, 4) is 16.9 Å². The Morgan fingerprint density at radius 1 is 1.11 bits per heavy atom. The van der Waals surface area contributed by atoms with Crippen molar-refractivity contribution in [2.45, 2.75) is 19.4 Å². The van der Waals surface area contributed by atoms with E-state index in [0.29, 0.717) is 6.54 Å². The Balaban J connectivity index is 2.11. The van der Waals surface area contributed by atoms with E-state index in [4.69, 9.17) is 10.5 Å². The summed E-state index contributed by atoms with van der Waals surface area (Å²) in [5, 5.41) is 0. The molecular weight excluding hydrogens is 222 g/mol. The number of aryl methyl sites for hydroxylation is 1. The number of fused-ring (bicyclic) bond motifs is 1. The third-order valence-electron chi connectivity index (χ3n) is 3.56. The molecule has 2 aromatic rings. The van der Waals surface area contributed by atoms with Gasteiger partial charge in [-0.25, -0.2) is 0 Å². The van der Waals surface area contributed by atoms with Crippen molar-refractivity contribution in [1.82, 2.24) is 0 Å². The third-order valence-corrected chi connectivity index (χ3v) is 3.56. The van der Waals surface area contributed by atoms with E-state index < -0.39 is 0 Å². The number of benzene rings is 2. The Morgan fingerprint density at radius 3 is 2.67 bits per heavy atom. The van der Waals surface area contributed by atoms with Gasteiger partial charge >= 0.3 is 0 Å². The van der Waals surface area contributed by atoms with Crippen LogP contribution in [-0.4, -0.2) is 12.6 Å². The summed E-state index contributed by atoms with van der Waals surface area (Å²) in [4.78, 5) is 0. The van der Waals surface area contributed by atoms with Crippen LogP contribution >= 0.6 is 0 Å². The quantitative estimate of drug-likeness (QED) is 0.874. The van der Waals surface area contributed by atoms with E-state index in [1.54, 1.807) is 0 Å². The zero-order chi connectivity index (χ0) is 12.5. The molecule has 0 aromatic heterocycles. The van der Waals surface area contributed by atoms with Crippen LogP contribution in [-0.2, 0) is 6.42 Å². The van der Waals surface area contributed by atoms with E-state index in [9.17, 15) is 0 Å². The molecule has 3 rings (SSSR count). The molecule has 0 saturated carbocycles. The number of ether oxygens (including phenoxy) is 1. The molecule has 0 bridgehead atoms. The van der Waals surface area contributed by atoms with Gasteiger partial charge in [0.25, 0.3) is 0 Å². The topological polar surface area (TPSA) is 35.2 Å². The van der Waals surface area contributed by atoms with Crippen LogP contribution in [0.1, 0.15) is 11.1 Å². The van der Waals surface area contributed by atoms with Gasteiger partial charge in [0.15, 0.2) is 0 Å². The van der Waals surface area contributed by atoms with Crippen LogP contribution in [0.5, 0.6) is 5.75 Å². The van der Waals surface area contributed by atoms with Crippen molar-refractivity contribution in [2.75, 3.05) is 6.54 Å². The molecule has 2 heteroatoms. The number of rotatable bonds is 2. The van der Waals surface area contributed by atoms with Crippen LogP contribution in [0.25, 0.3) is 11.1 Å². The Hall–Kier alpha value is -1.80. The molecule has 1 aliphatic heterocycles. The van der Waals surface area contributed by atoms with Crippen LogP contribution in [0, 0.1) is 6.92 Å². The van der Waals surface area contributed by atoms with Gasteiger partial charge in [-0.2, -0.15) is 0 Å². The standard InChI is InChI=1S/C16H17NO/c1-11-5-2-3-6-13(11)14-7-4-8-16-15(14)9-12(10-17)18-16/h2-8,12H,9-10,17H2,1H3. The van der Waals surface area contributed by atoms with Crippen LogP contribution < -0.4 is 10.5 Å². The highest BCUT2D eigenvalue weighted by Gasteiger charge is 2.24. The van der Waals surface area contributed by atoms with Crippen LogP contribution in [0.3, 0.4) is 0 Å².